The van der Waals surface area contributed by atoms with E-state index in [0.29, 0.717) is 24.0 Å². The largest absolute Gasteiger partial charge is 0.379 e. The van der Waals surface area contributed by atoms with Gasteiger partial charge in [-0.1, -0.05) is 39.8 Å². The summed E-state index contributed by atoms with van der Waals surface area (Å²) >= 11 is 0. The molecule has 0 saturated carbocycles. The Labute approximate surface area is 263 Å². The highest BCUT2D eigenvalue weighted by Crippen LogP contribution is 2.17. The molecule has 9 nitrogen and oxygen atoms in total. The van der Waals surface area contributed by atoms with Crippen molar-refractivity contribution in [2.45, 2.75) is 92.9 Å². The number of amides is 1. The average Bonchev–Trinajstić information content (AvgIpc) is 3.01. The van der Waals surface area contributed by atoms with Gasteiger partial charge in [-0.25, -0.2) is 0 Å². The molecule has 0 aliphatic rings. The van der Waals surface area contributed by atoms with Crippen LogP contribution in [0, 0.1) is 17.8 Å². The minimum Gasteiger partial charge on any atom is -0.379 e. The van der Waals surface area contributed by atoms with E-state index in [4.69, 9.17) is 9.47 Å². The van der Waals surface area contributed by atoms with E-state index in [-0.39, 0.29) is 118 Å². The van der Waals surface area contributed by atoms with Crippen LogP contribution in [-0.2, 0) is 28.7 Å². The van der Waals surface area contributed by atoms with Crippen molar-refractivity contribution < 1.29 is 38.2 Å². The lowest BCUT2D eigenvalue weighted by Gasteiger charge is -2.23. The molecule has 0 N–H and O–H groups in total. The Morgan fingerprint density at radius 3 is 1.34 bits per heavy atom. The maximum Gasteiger partial charge on any atom is 0.254 e. The molecule has 1 amide bonds. The van der Waals surface area contributed by atoms with Gasteiger partial charge in [0.05, 0.1) is 26.4 Å². The van der Waals surface area contributed by atoms with Gasteiger partial charge in [0, 0.05) is 67.7 Å². The predicted molar refractivity (Wildman–Crippen MR) is 170 cm³/mol. The van der Waals surface area contributed by atoms with E-state index in [1.54, 1.807) is 29.2 Å². The molecule has 0 saturated heterocycles. The number of hydrogen-bond acceptors (Lipinski definition) is 8. The van der Waals surface area contributed by atoms with Crippen LogP contribution in [0.15, 0.2) is 24.3 Å². The molecule has 0 bridgehead atoms. The normalized spacial score (nSPS) is 12.5. The van der Waals surface area contributed by atoms with Crippen LogP contribution in [0.5, 0.6) is 0 Å². The molecule has 2 atom stereocenters. The number of carbonyl (C=O) groups excluding carboxylic acids is 6. The molecule has 1 aromatic carbocycles. The van der Waals surface area contributed by atoms with E-state index >= 15 is 0 Å². The van der Waals surface area contributed by atoms with Crippen LogP contribution in [-0.4, -0.2) is 79.2 Å². The second kappa shape index (κ2) is 21.6. The van der Waals surface area contributed by atoms with Crippen molar-refractivity contribution in [3.05, 3.63) is 35.4 Å². The number of Topliss-reactive ketones (excluding diaryl/α,β-unsaturated/α-hetero) is 5. The van der Waals surface area contributed by atoms with Crippen LogP contribution in [0.1, 0.15) is 114 Å². The lowest BCUT2D eigenvalue weighted by atomic mass is 9.92. The van der Waals surface area contributed by atoms with Gasteiger partial charge in [0.15, 0.2) is 5.78 Å². The first kappa shape index (κ1) is 39.0. The Hall–Kier alpha value is -3.04. The molecule has 0 aliphatic carbocycles. The number of benzene rings is 1. The van der Waals surface area contributed by atoms with Crippen molar-refractivity contribution in [3.8, 4) is 0 Å². The van der Waals surface area contributed by atoms with Crippen molar-refractivity contribution in [1.82, 2.24) is 4.90 Å². The second-order valence-corrected chi connectivity index (χ2v) is 11.4. The molecule has 0 spiro atoms. The molecular formula is C35H53NO8. The molecule has 0 aliphatic heterocycles. The van der Waals surface area contributed by atoms with Gasteiger partial charge in [-0.15, -0.1) is 0 Å². The lowest BCUT2D eigenvalue weighted by molar-refractivity contribution is -0.127. The van der Waals surface area contributed by atoms with E-state index in [2.05, 4.69) is 0 Å². The van der Waals surface area contributed by atoms with E-state index in [0.717, 1.165) is 12.8 Å². The first-order valence-corrected chi connectivity index (χ1v) is 16.1. The van der Waals surface area contributed by atoms with Gasteiger partial charge >= 0.3 is 0 Å². The Kier molecular flexibility index (Phi) is 19.2. The summed E-state index contributed by atoms with van der Waals surface area (Å²) in [4.78, 5) is 75.5. The highest BCUT2D eigenvalue weighted by Gasteiger charge is 2.20. The summed E-state index contributed by atoms with van der Waals surface area (Å²) < 4.78 is 11.3. The van der Waals surface area contributed by atoms with Crippen molar-refractivity contribution >= 4 is 34.8 Å². The van der Waals surface area contributed by atoms with Crippen molar-refractivity contribution in [2.24, 2.45) is 17.8 Å². The predicted octanol–water partition coefficient (Wildman–Crippen LogP) is 5.71. The Balaban J connectivity index is 2.75. The molecule has 246 valence electrons. The van der Waals surface area contributed by atoms with E-state index in [9.17, 15) is 28.8 Å². The van der Waals surface area contributed by atoms with Crippen molar-refractivity contribution in [3.63, 3.8) is 0 Å². The summed E-state index contributed by atoms with van der Waals surface area (Å²) in [6, 6.07) is 6.68. The molecule has 0 fully saturated rings. The number of hydrogen-bond donors (Lipinski definition) is 0. The number of nitrogens with zero attached hydrogens (tertiary/aromatic N) is 1. The summed E-state index contributed by atoms with van der Waals surface area (Å²) in [6.45, 7) is 12.1. The van der Waals surface area contributed by atoms with Crippen LogP contribution in [0.3, 0.4) is 0 Å². The number of ketones is 5. The number of rotatable bonds is 25. The fourth-order valence-electron chi connectivity index (χ4n) is 5.00. The molecular weight excluding hydrogens is 562 g/mol. The lowest BCUT2D eigenvalue weighted by Crippen LogP contribution is -2.37. The molecule has 44 heavy (non-hydrogen) atoms. The van der Waals surface area contributed by atoms with Gasteiger partial charge in [0.25, 0.3) is 5.91 Å². The molecule has 0 radical (unpaired) electrons. The molecule has 9 heteroatoms. The minimum atomic E-state index is -0.260. The Morgan fingerprint density at radius 1 is 0.591 bits per heavy atom. The molecule has 1 rings (SSSR count). The summed E-state index contributed by atoms with van der Waals surface area (Å²) in [5, 5.41) is 0. The zero-order valence-electron chi connectivity index (χ0n) is 27.7. The highest BCUT2D eigenvalue weighted by atomic mass is 16.5. The van der Waals surface area contributed by atoms with E-state index < -0.39 is 0 Å². The van der Waals surface area contributed by atoms with Crippen molar-refractivity contribution in [2.75, 3.05) is 39.5 Å². The fraction of sp³-hybridized carbons (Fsp3) is 0.657. The summed E-state index contributed by atoms with van der Waals surface area (Å²) in [6.07, 6.45) is 3.58. The summed E-state index contributed by atoms with van der Waals surface area (Å²) in [7, 11) is 0. The van der Waals surface area contributed by atoms with Gasteiger partial charge in [-0.2, -0.15) is 0 Å². The van der Waals surface area contributed by atoms with Gasteiger partial charge in [0.2, 0.25) is 0 Å². The van der Waals surface area contributed by atoms with Crippen LogP contribution in [0.25, 0.3) is 0 Å². The first-order chi connectivity index (χ1) is 21.0. The van der Waals surface area contributed by atoms with E-state index in [1.165, 1.54) is 13.8 Å². The smallest absolute Gasteiger partial charge is 0.254 e. The Morgan fingerprint density at radius 2 is 0.977 bits per heavy atom. The van der Waals surface area contributed by atoms with Crippen LogP contribution < -0.4 is 0 Å². The maximum atomic E-state index is 13.4. The van der Waals surface area contributed by atoms with Crippen LogP contribution in [0.2, 0.25) is 0 Å². The third-order valence-electron chi connectivity index (χ3n) is 8.21. The van der Waals surface area contributed by atoms with Crippen LogP contribution in [0.4, 0.5) is 0 Å². The quantitative estimate of drug-likeness (QED) is 0.101. The average molecular weight is 616 g/mol. The van der Waals surface area contributed by atoms with Crippen LogP contribution >= 0.6 is 0 Å². The van der Waals surface area contributed by atoms with Gasteiger partial charge < -0.3 is 14.4 Å². The second-order valence-electron chi connectivity index (χ2n) is 11.4. The number of carbonyl (C=O) groups is 6. The molecule has 1 aromatic rings. The van der Waals surface area contributed by atoms with Crippen molar-refractivity contribution in [1.29, 1.82) is 0 Å². The van der Waals surface area contributed by atoms with E-state index in [1.807, 2.05) is 27.7 Å². The maximum absolute atomic E-state index is 13.4. The fourth-order valence-corrected chi connectivity index (χ4v) is 5.00. The third-order valence-corrected chi connectivity index (χ3v) is 8.21. The summed E-state index contributed by atoms with van der Waals surface area (Å²) in [5.41, 5.74) is 1.01. The van der Waals surface area contributed by atoms with Gasteiger partial charge in [-0.3, -0.25) is 28.8 Å². The highest BCUT2D eigenvalue weighted by molar-refractivity contribution is 6.00. The molecule has 0 aromatic heterocycles. The van der Waals surface area contributed by atoms with Gasteiger partial charge in [-0.05, 0) is 51.7 Å². The topological polar surface area (TPSA) is 124 Å². The third kappa shape index (κ3) is 14.2. The monoisotopic (exact) mass is 615 g/mol. The standard InChI is InChI=1S/C35H53NO8/c1-7-27(8-2)34(41)30-11-13-31(14-12-30)35(42)36(17-21-43-19-15-32(39)23-28(9-3)25(5)37)18-22-44-20-16-33(40)24-29(10-4)26(6)38/h11-14,27-29H,7-10,15-24H2,1-6H3. The Bertz CT molecular complexity index is 1030. The minimum absolute atomic E-state index is 0.0108. The zero-order valence-corrected chi connectivity index (χ0v) is 27.7. The number of ether oxygens (including phenoxy) is 2. The zero-order chi connectivity index (χ0) is 33.1. The first-order valence-electron chi connectivity index (χ1n) is 16.1. The molecule has 2 unspecified atom stereocenters. The SMILES string of the molecule is CCC(CC(=O)CCOCCN(CCOCCC(=O)CC(CC)C(C)=O)C(=O)c1ccc(C(=O)C(CC)CC)cc1)C(C)=O. The van der Waals surface area contributed by atoms with Gasteiger partial charge in [0.1, 0.15) is 23.1 Å². The summed E-state index contributed by atoms with van der Waals surface area (Å²) in [5.74, 6) is -0.780. The molecule has 0 heterocycles.